The minimum atomic E-state index is -1.11. The number of amides is 2. The smallest absolute Gasteiger partial charge is 0.335 e. The van der Waals surface area contributed by atoms with Crippen molar-refractivity contribution in [1.82, 2.24) is 15.1 Å². The zero-order chi connectivity index (χ0) is 23.5. The molecule has 1 heterocycles. The number of esters is 1. The average molecular weight is 425 g/mol. The molecular weight excluding hydrogens is 384 g/mol. The monoisotopic (exact) mass is 424 g/mol. The quantitative estimate of drug-likeness (QED) is 0.603. The standard InChI is InChI=1S/C22H40N4O4/c1-11-12-26(17(15(2)3)18(28)24-20(4,5)6)16(27)13-25-14-23-22(9,19(29)30-10)21(25,7)8/h14-15,17H,11-13H2,1-10H3,(H,24,28). The van der Waals surface area contributed by atoms with Crippen LogP contribution in [0.1, 0.15) is 68.7 Å². The van der Waals surface area contributed by atoms with Crippen molar-refractivity contribution in [3.8, 4) is 0 Å². The average Bonchev–Trinajstić information content (AvgIpc) is 2.83. The van der Waals surface area contributed by atoms with E-state index in [1.807, 2.05) is 55.4 Å². The highest BCUT2D eigenvalue weighted by atomic mass is 16.5. The molecule has 172 valence electrons. The zero-order valence-electron chi connectivity index (χ0n) is 20.3. The highest BCUT2D eigenvalue weighted by Crippen LogP contribution is 2.36. The minimum Gasteiger partial charge on any atom is -0.467 e. The van der Waals surface area contributed by atoms with Crippen LogP contribution in [0.15, 0.2) is 4.99 Å². The van der Waals surface area contributed by atoms with Crippen LogP contribution in [0.3, 0.4) is 0 Å². The van der Waals surface area contributed by atoms with Gasteiger partial charge in [0.05, 0.1) is 25.5 Å². The number of carbonyl (C=O) groups excluding carboxylic acids is 3. The summed E-state index contributed by atoms with van der Waals surface area (Å²) in [5, 5.41) is 3.01. The number of hydrogen-bond acceptors (Lipinski definition) is 6. The third-order valence-electron chi connectivity index (χ3n) is 5.77. The fraction of sp³-hybridized carbons (Fsp3) is 0.818. The lowest BCUT2D eigenvalue weighted by Gasteiger charge is -2.41. The summed E-state index contributed by atoms with van der Waals surface area (Å²) in [7, 11) is 1.33. The first-order valence-corrected chi connectivity index (χ1v) is 10.6. The van der Waals surface area contributed by atoms with E-state index in [-0.39, 0.29) is 24.3 Å². The van der Waals surface area contributed by atoms with Crippen LogP contribution >= 0.6 is 0 Å². The molecule has 8 nitrogen and oxygen atoms in total. The molecule has 0 aromatic carbocycles. The Morgan fingerprint density at radius 1 is 1.20 bits per heavy atom. The molecule has 0 fully saturated rings. The van der Waals surface area contributed by atoms with Crippen molar-refractivity contribution in [2.45, 2.75) is 91.4 Å². The van der Waals surface area contributed by atoms with Gasteiger partial charge in [0.1, 0.15) is 6.04 Å². The van der Waals surface area contributed by atoms with Crippen LogP contribution in [0.2, 0.25) is 0 Å². The summed E-state index contributed by atoms with van der Waals surface area (Å²) in [5.74, 6) is -0.835. The van der Waals surface area contributed by atoms with E-state index in [4.69, 9.17) is 4.74 Å². The fourth-order valence-electron chi connectivity index (χ4n) is 3.65. The van der Waals surface area contributed by atoms with E-state index in [2.05, 4.69) is 10.3 Å². The zero-order valence-corrected chi connectivity index (χ0v) is 20.3. The van der Waals surface area contributed by atoms with Gasteiger partial charge in [0.15, 0.2) is 5.54 Å². The largest absolute Gasteiger partial charge is 0.467 e. The van der Waals surface area contributed by atoms with E-state index in [0.29, 0.717) is 6.54 Å². The van der Waals surface area contributed by atoms with E-state index in [0.717, 1.165) is 6.42 Å². The second-order valence-corrected chi connectivity index (χ2v) is 10.0. The molecule has 2 amide bonds. The van der Waals surface area contributed by atoms with Crippen molar-refractivity contribution in [1.29, 1.82) is 0 Å². The topological polar surface area (TPSA) is 91.3 Å². The minimum absolute atomic E-state index is 0.0229. The number of ether oxygens (including phenoxy) is 1. The normalized spacial score (nSPS) is 21.5. The highest BCUT2D eigenvalue weighted by molar-refractivity contribution is 5.91. The molecule has 2 unspecified atom stereocenters. The molecule has 8 heteroatoms. The number of aliphatic imine (C=N–C) groups is 1. The van der Waals surface area contributed by atoms with E-state index in [1.54, 1.807) is 23.1 Å². The summed E-state index contributed by atoms with van der Waals surface area (Å²) >= 11 is 0. The number of methoxy groups -OCH3 is 1. The molecule has 2 atom stereocenters. The molecule has 0 aromatic rings. The van der Waals surface area contributed by atoms with Crippen LogP contribution in [-0.2, 0) is 19.1 Å². The molecule has 0 bridgehead atoms. The number of nitrogens with zero attached hydrogens (tertiary/aromatic N) is 3. The Hall–Kier alpha value is -2.12. The molecule has 0 radical (unpaired) electrons. The van der Waals surface area contributed by atoms with E-state index in [9.17, 15) is 14.4 Å². The SMILES string of the molecule is CCCN(C(=O)CN1C=NC(C)(C(=O)OC)C1(C)C)C(C(=O)NC(C)(C)C)C(C)C. The van der Waals surface area contributed by atoms with Gasteiger partial charge in [0.2, 0.25) is 11.8 Å². The van der Waals surface area contributed by atoms with Crippen molar-refractivity contribution < 1.29 is 19.1 Å². The molecule has 1 rings (SSSR count). The van der Waals surface area contributed by atoms with Crippen LogP contribution in [-0.4, -0.2) is 76.8 Å². The second-order valence-electron chi connectivity index (χ2n) is 10.0. The first kappa shape index (κ1) is 25.9. The Morgan fingerprint density at radius 3 is 2.20 bits per heavy atom. The number of hydrogen-bond donors (Lipinski definition) is 1. The van der Waals surface area contributed by atoms with Crippen molar-refractivity contribution in [2.75, 3.05) is 20.2 Å². The van der Waals surface area contributed by atoms with Gasteiger partial charge in [-0.3, -0.25) is 14.6 Å². The molecular formula is C22H40N4O4. The van der Waals surface area contributed by atoms with Crippen molar-refractivity contribution in [2.24, 2.45) is 10.9 Å². The van der Waals surface area contributed by atoms with Crippen LogP contribution in [0.4, 0.5) is 0 Å². The first-order valence-electron chi connectivity index (χ1n) is 10.6. The fourth-order valence-corrected chi connectivity index (χ4v) is 3.65. The number of nitrogens with one attached hydrogen (secondary N) is 1. The van der Waals surface area contributed by atoms with Gasteiger partial charge < -0.3 is 19.9 Å². The van der Waals surface area contributed by atoms with E-state index >= 15 is 0 Å². The number of carbonyl (C=O) groups is 3. The van der Waals surface area contributed by atoms with E-state index in [1.165, 1.54) is 7.11 Å². The predicted octanol–water partition coefficient (Wildman–Crippen LogP) is 2.22. The molecule has 0 aromatic heterocycles. The molecule has 0 saturated heterocycles. The highest BCUT2D eigenvalue weighted by Gasteiger charge is 2.55. The van der Waals surface area contributed by atoms with Crippen molar-refractivity contribution in [3.05, 3.63) is 0 Å². The summed E-state index contributed by atoms with van der Waals surface area (Å²) in [6.07, 6.45) is 2.27. The second kappa shape index (κ2) is 9.35. The molecule has 0 aliphatic carbocycles. The maximum Gasteiger partial charge on any atom is 0.335 e. The summed E-state index contributed by atoms with van der Waals surface area (Å²) in [6.45, 7) is 17.6. The first-order chi connectivity index (χ1) is 13.6. The summed E-state index contributed by atoms with van der Waals surface area (Å²) < 4.78 is 4.93. The van der Waals surface area contributed by atoms with Crippen LogP contribution in [0.25, 0.3) is 0 Å². The van der Waals surface area contributed by atoms with Gasteiger partial charge in [-0.05, 0) is 53.9 Å². The summed E-state index contributed by atoms with van der Waals surface area (Å²) in [5.41, 5.74) is -2.26. The third kappa shape index (κ3) is 5.32. The summed E-state index contributed by atoms with van der Waals surface area (Å²) in [6, 6.07) is -0.577. The van der Waals surface area contributed by atoms with Crippen LogP contribution in [0, 0.1) is 5.92 Å². The molecule has 1 aliphatic rings. The van der Waals surface area contributed by atoms with Gasteiger partial charge >= 0.3 is 5.97 Å². The lowest BCUT2D eigenvalue weighted by Crippen LogP contribution is -2.61. The molecule has 1 aliphatic heterocycles. The Labute approximate surface area is 181 Å². The van der Waals surface area contributed by atoms with E-state index < -0.39 is 28.6 Å². The molecule has 0 spiro atoms. The predicted molar refractivity (Wildman–Crippen MR) is 118 cm³/mol. The summed E-state index contributed by atoms with van der Waals surface area (Å²) in [4.78, 5) is 46.5. The lowest BCUT2D eigenvalue weighted by atomic mass is 9.81. The third-order valence-corrected chi connectivity index (χ3v) is 5.77. The van der Waals surface area contributed by atoms with Gasteiger partial charge in [-0.15, -0.1) is 0 Å². The Balaban J connectivity index is 3.13. The van der Waals surface area contributed by atoms with Crippen molar-refractivity contribution in [3.63, 3.8) is 0 Å². The number of rotatable bonds is 8. The van der Waals surface area contributed by atoms with Gasteiger partial charge in [0.25, 0.3) is 0 Å². The Bertz CT molecular complexity index is 681. The van der Waals surface area contributed by atoms with Gasteiger partial charge in [-0.1, -0.05) is 20.8 Å². The molecule has 30 heavy (non-hydrogen) atoms. The lowest BCUT2D eigenvalue weighted by molar-refractivity contribution is -0.151. The Morgan fingerprint density at radius 2 is 1.77 bits per heavy atom. The maximum atomic E-state index is 13.4. The van der Waals surface area contributed by atoms with Crippen LogP contribution in [0.5, 0.6) is 0 Å². The van der Waals surface area contributed by atoms with Gasteiger partial charge in [-0.25, -0.2) is 4.79 Å². The maximum absolute atomic E-state index is 13.4. The van der Waals surface area contributed by atoms with Crippen LogP contribution < -0.4 is 5.32 Å². The molecule has 0 saturated carbocycles. The van der Waals surface area contributed by atoms with Gasteiger partial charge in [0, 0.05) is 12.1 Å². The van der Waals surface area contributed by atoms with Gasteiger partial charge in [-0.2, -0.15) is 0 Å². The Kier molecular flexibility index (Phi) is 8.08. The van der Waals surface area contributed by atoms with Crippen molar-refractivity contribution >= 4 is 24.1 Å². The molecule has 1 N–H and O–H groups in total.